The lowest BCUT2D eigenvalue weighted by molar-refractivity contribution is -0.133. The van der Waals surface area contributed by atoms with Gasteiger partial charge in [0.25, 0.3) is 0 Å². The number of hydrogen-bond donors (Lipinski definition) is 1. The van der Waals surface area contributed by atoms with Gasteiger partial charge in [0.1, 0.15) is 0 Å². The number of carbonyl (C=O) groups is 1. The molecule has 1 heterocycles. The minimum Gasteiger partial charge on any atom is -0.341 e. The van der Waals surface area contributed by atoms with Crippen molar-refractivity contribution in [3.8, 4) is 0 Å². The third-order valence-corrected chi connectivity index (χ3v) is 5.98. The number of carbonyl (C=O) groups excluding carboxylic acids is 1. The molecule has 2 unspecified atom stereocenters. The van der Waals surface area contributed by atoms with Crippen molar-refractivity contribution >= 4 is 5.91 Å². The number of nitrogens with zero attached hydrogens (tertiary/aromatic N) is 1. The number of hydrogen-bond acceptors (Lipinski definition) is 2. The Bertz CT molecular complexity index is 360. The first kappa shape index (κ1) is 16.3. The monoisotopic (exact) mass is 306 g/mol. The zero-order valence-corrected chi connectivity index (χ0v) is 14.4. The molecule has 0 radical (unpaired) electrons. The summed E-state index contributed by atoms with van der Waals surface area (Å²) in [5, 5.41) is 3.83. The van der Waals surface area contributed by atoms with Gasteiger partial charge >= 0.3 is 0 Å². The summed E-state index contributed by atoms with van der Waals surface area (Å²) in [6.45, 7) is 5.14. The summed E-state index contributed by atoms with van der Waals surface area (Å²) in [6, 6.07) is 0.537. The first-order valence-corrected chi connectivity index (χ1v) is 9.75. The summed E-state index contributed by atoms with van der Waals surface area (Å²) in [6.07, 6.45) is 13.2. The van der Waals surface area contributed by atoms with Crippen LogP contribution in [0.15, 0.2) is 0 Å². The fraction of sp³-hybridized carbons (Fsp3) is 0.947. The van der Waals surface area contributed by atoms with Crippen molar-refractivity contribution in [1.29, 1.82) is 0 Å². The molecule has 3 nitrogen and oxygen atoms in total. The minimum atomic E-state index is 0.352. The second-order valence-corrected chi connectivity index (χ2v) is 8.04. The first-order chi connectivity index (χ1) is 10.7. The molecule has 2 atom stereocenters. The normalized spacial score (nSPS) is 30.5. The average molecular weight is 306 g/mol. The van der Waals surface area contributed by atoms with Gasteiger partial charge in [0, 0.05) is 25.6 Å². The van der Waals surface area contributed by atoms with Crippen LogP contribution < -0.4 is 5.32 Å². The Morgan fingerprint density at radius 3 is 2.45 bits per heavy atom. The van der Waals surface area contributed by atoms with Crippen LogP contribution in [0.25, 0.3) is 0 Å². The van der Waals surface area contributed by atoms with Gasteiger partial charge in [0.05, 0.1) is 0 Å². The van der Waals surface area contributed by atoms with Crippen LogP contribution in [0.4, 0.5) is 0 Å². The van der Waals surface area contributed by atoms with Crippen molar-refractivity contribution in [2.24, 2.45) is 17.8 Å². The summed E-state index contributed by atoms with van der Waals surface area (Å²) in [4.78, 5) is 14.3. The van der Waals surface area contributed by atoms with E-state index in [2.05, 4.69) is 10.2 Å². The van der Waals surface area contributed by atoms with Gasteiger partial charge in [-0.25, -0.2) is 0 Å². The summed E-state index contributed by atoms with van der Waals surface area (Å²) < 4.78 is 0. The second kappa shape index (κ2) is 7.81. The van der Waals surface area contributed by atoms with Crippen molar-refractivity contribution < 1.29 is 4.79 Å². The lowest BCUT2D eigenvalue weighted by Gasteiger charge is -2.39. The Kier molecular flexibility index (Phi) is 5.78. The van der Waals surface area contributed by atoms with Gasteiger partial charge in [-0.1, -0.05) is 39.0 Å². The summed E-state index contributed by atoms with van der Waals surface area (Å²) in [7, 11) is 0. The van der Waals surface area contributed by atoms with E-state index in [0.717, 1.165) is 30.8 Å². The smallest absolute Gasteiger partial charge is 0.222 e. The van der Waals surface area contributed by atoms with E-state index in [1.807, 2.05) is 6.92 Å². The largest absolute Gasteiger partial charge is 0.341 e. The van der Waals surface area contributed by atoms with Crippen LogP contribution in [-0.4, -0.2) is 36.5 Å². The van der Waals surface area contributed by atoms with Crippen LogP contribution in [0.3, 0.4) is 0 Å². The molecule has 2 aliphatic carbocycles. The molecule has 3 fully saturated rings. The van der Waals surface area contributed by atoms with Crippen LogP contribution >= 0.6 is 0 Å². The molecule has 126 valence electrons. The van der Waals surface area contributed by atoms with E-state index in [1.54, 1.807) is 0 Å². The van der Waals surface area contributed by atoms with Crippen LogP contribution in [0.1, 0.15) is 71.1 Å². The van der Waals surface area contributed by atoms with E-state index in [1.165, 1.54) is 64.3 Å². The fourth-order valence-electron chi connectivity index (χ4n) is 4.50. The number of rotatable bonds is 6. The highest BCUT2D eigenvalue weighted by atomic mass is 16.2. The van der Waals surface area contributed by atoms with E-state index in [0.29, 0.717) is 18.4 Å². The Hall–Kier alpha value is -0.570. The van der Waals surface area contributed by atoms with E-state index < -0.39 is 0 Å². The molecule has 0 aromatic carbocycles. The van der Waals surface area contributed by atoms with Gasteiger partial charge in [-0.3, -0.25) is 4.79 Å². The van der Waals surface area contributed by atoms with Gasteiger partial charge in [0.2, 0.25) is 5.91 Å². The Morgan fingerprint density at radius 2 is 1.77 bits per heavy atom. The van der Waals surface area contributed by atoms with Crippen molar-refractivity contribution in [3.05, 3.63) is 0 Å². The zero-order valence-electron chi connectivity index (χ0n) is 14.4. The minimum absolute atomic E-state index is 0.352. The highest BCUT2D eigenvalue weighted by Gasteiger charge is 2.33. The van der Waals surface area contributed by atoms with Gasteiger partial charge in [-0.15, -0.1) is 0 Å². The maximum absolute atomic E-state index is 12.2. The summed E-state index contributed by atoms with van der Waals surface area (Å²) >= 11 is 0. The Morgan fingerprint density at radius 1 is 1.00 bits per heavy atom. The quantitative estimate of drug-likeness (QED) is 0.813. The number of amides is 1. The standard InChI is InChI=1S/C19H34N2O/c1-2-19(22)21-13-17(10-15-8-9-15)11-18(14-21)20-12-16-6-4-3-5-7-16/h15-18,20H,2-14H2,1H3. The first-order valence-electron chi connectivity index (χ1n) is 9.75. The molecule has 0 bridgehead atoms. The molecule has 0 aromatic heterocycles. The van der Waals surface area contributed by atoms with Crippen molar-refractivity contribution in [1.82, 2.24) is 10.2 Å². The predicted molar refractivity (Wildman–Crippen MR) is 90.7 cm³/mol. The molecular weight excluding hydrogens is 272 g/mol. The molecule has 1 saturated heterocycles. The molecule has 0 spiro atoms. The highest BCUT2D eigenvalue weighted by molar-refractivity contribution is 5.76. The highest BCUT2D eigenvalue weighted by Crippen LogP contribution is 2.38. The number of nitrogens with one attached hydrogen (secondary N) is 1. The molecule has 2 saturated carbocycles. The van der Waals surface area contributed by atoms with Crippen LogP contribution in [0.5, 0.6) is 0 Å². The molecule has 3 heteroatoms. The van der Waals surface area contributed by atoms with E-state index in [4.69, 9.17) is 0 Å². The lowest BCUT2D eigenvalue weighted by Crippen LogP contribution is -2.52. The van der Waals surface area contributed by atoms with Crippen molar-refractivity contribution in [2.45, 2.75) is 77.2 Å². The number of piperidine rings is 1. The van der Waals surface area contributed by atoms with Gasteiger partial charge in [-0.05, 0) is 50.0 Å². The zero-order chi connectivity index (χ0) is 15.4. The van der Waals surface area contributed by atoms with Crippen LogP contribution in [-0.2, 0) is 4.79 Å². The molecule has 1 amide bonds. The average Bonchev–Trinajstić information content (AvgIpc) is 3.37. The summed E-state index contributed by atoms with van der Waals surface area (Å²) in [5.41, 5.74) is 0. The molecule has 3 rings (SSSR count). The van der Waals surface area contributed by atoms with Gasteiger partial charge in [-0.2, -0.15) is 0 Å². The third kappa shape index (κ3) is 4.71. The Labute approximate surface area is 136 Å². The van der Waals surface area contributed by atoms with Crippen LogP contribution in [0.2, 0.25) is 0 Å². The third-order valence-electron chi connectivity index (χ3n) is 5.98. The topological polar surface area (TPSA) is 32.3 Å². The molecule has 0 aromatic rings. The van der Waals surface area contributed by atoms with Gasteiger partial charge in [0.15, 0.2) is 0 Å². The molecule has 1 N–H and O–H groups in total. The molecule has 1 aliphatic heterocycles. The maximum atomic E-state index is 12.2. The molecule has 3 aliphatic rings. The number of likely N-dealkylation sites (tertiary alicyclic amines) is 1. The lowest BCUT2D eigenvalue weighted by atomic mass is 9.87. The van der Waals surface area contributed by atoms with Crippen molar-refractivity contribution in [2.75, 3.05) is 19.6 Å². The van der Waals surface area contributed by atoms with Gasteiger partial charge < -0.3 is 10.2 Å². The SMILES string of the molecule is CCC(=O)N1CC(CC2CC2)CC(NCC2CCCCC2)C1. The summed E-state index contributed by atoms with van der Waals surface area (Å²) in [5.74, 6) is 2.94. The molecular formula is C19H34N2O. The fourth-order valence-corrected chi connectivity index (χ4v) is 4.50. The second-order valence-electron chi connectivity index (χ2n) is 8.04. The molecule has 22 heavy (non-hydrogen) atoms. The van der Waals surface area contributed by atoms with E-state index in [-0.39, 0.29) is 0 Å². The maximum Gasteiger partial charge on any atom is 0.222 e. The van der Waals surface area contributed by atoms with Crippen molar-refractivity contribution in [3.63, 3.8) is 0 Å². The van der Waals surface area contributed by atoms with Crippen LogP contribution in [0, 0.1) is 17.8 Å². The predicted octanol–water partition coefficient (Wildman–Crippen LogP) is 3.58. The Balaban J connectivity index is 1.50. The van der Waals surface area contributed by atoms with E-state index >= 15 is 0 Å². The van der Waals surface area contributed by atoms with E-state index in [9.17, 15) is 4.79 Å².